The Labute approximate surface area is 217 Å². The highest BCUT2D eigenvalue weighted by Crippen LogP contribution is 2.37. The minimum absolute atomic E-state index is 0.0843. The first-order chi connectivity index (χ1) is 18.0. The lowest BCUT2D eigenvalue weighted by Gasteiger charge is -2.16. The SMILES string of the molecule is CN=C(C(=C(N)OC)c1ncc(C(C)O)c(OCc2ccc(-c3nc(C(F)(F)F)cn3C)cc2)n1)C1CC1. The number of methoxy groups -OCH3 is 1. The van der Waals surface area contributed by atoms with Crippen molar-refractivity contribution in [2.45, 2.75) is 38.7 Å². The Kier molecular flexibility index (Phi) is 7.72. The fourth-order valence-corrected chi connectivity index (χ4v) is 3.98. The molecule has 1 saturated carbocycles. The van der Waals surface area contributed by atoms with Crippen molar-refractivity contribution in [2.24, 2.45) is 23.7 Å². The van der Waals surface area contributed by atoms with Crippen LogP contribution in [0.3, 0.4) is 0 Å². The van der Waals surface area contributed by atoms with E-state index in [4.69, 9.17) is 15.2 Å². The number of aliphatic hydroxyl groups is 1. The number of halogens is 3. The number of ether oxygens (including phenoxy) is 2. The number of aliphatic imine (C=N–C) groups is 1. The Balaban J connectivity index is 1.59. The summed E-state index contributed by atoms with van der Waals surface area (Å²) in [4.78, 5) is 17.1. The zero-order valence-electron chi connectivity index (χ0n) is 21.5. The van der Waals surface area contributed by atoms with Crippen LogP contribution in [0.1, 0.15) is 48.5 Å². The van der Waals surface area contributed by atoms with E-state index in [-0.39, 0.29) is 35.9 Å². The molecular formula is C26H29F3N6O3. The van der Waals surface area contributed by atoms with E-state index in [9.17, 15) is 18.3 Å². The first-order valence-electron chi connectivity index (χ1n) is 11.9. The third kappa shape index (κ3) is 5.80. The summed E-state index contributed by atoms with van der Waals surface area (Å²) in [7, 11) is 4.64. The second-order valence-electron chi connectivity index (χ2n) is 9.00. The number of aromatic nitrogens is 4. The highest BCUT2D eigenvalue weighted by atomic mass is 19.4. The van der Waals surface area contributed by atoms with Crippen molar-refractivity contribution in [1.82, 2.24) is 19.5 Å². The van der Waals surface area contributed by atoms with E-state index in [2.05, 4.69) is 19.9 Å². The summed E-state index contributed by atoms with van der Waals surface area (Å²) < 4.78 is 51.6. The van der Waals surface area contributed by atoms with Gasteiger partial charge in [0.25, 0.3) is 0 Å². The maximum absolute atomic E-state index is 13.0. The number of hydrogen-bond donors (Lipinski definition) is 2. The van der Waals surface area contributed by atoms with Crippen LogP contribution in [0, 0.1) is 5.92 Å². The van der Waals surface area contributed by atoms with Gasteiger partial charge in [0.2, 0.25) is 5.88 Å². The zero-order chi connectivity index (χ0) is 27.6. The smallest absolute Gasteiger partial charge is 0.434 e. The fourth-order valence-electron chi connectivity index (χ4n) is 3.98. The van der Waals surface area contributed by atoms with Crippen LogP contribution < -0.4 is 10.5 Å². The van der Waals surface area contributed by atoms with Gasteiger partial charge < -0.3 is 24.9 Å². The van der Waals surface area contributed by atoms with Crippen molar-refractivity contribution in [3.05, 3.63) is 65.2 Å². The monoisotopic (exact) mass is 530 g/mol. The van der Waals surface area contributed by atoms with Crippen LogP contribution >= 0.6 is 0 Å². The second kappa shape index (κ2) is 10.8. The highest BCUT2D eigenvalue weighted by molar-refractivity contribution is 6.25. The van der Waals surface area contributed by atoms with Gasteiger partial charge in [-0.05, 0) is 25.3 Å². The number of alkyl halides is 3. The third-order valence-corrected chi connectivity index (χ3v) is 6.14. The van der Waals surface area contributed by atoms with Crippen LogP contribution in [0.25, 0.3) is 17.0 Å². The van der Waals surface area contributed by atoms with Crippen molar-refractivity contribution < 1.29 is 27.8 Å². The Morgan fingerprint density at radius 3 is 2.45 bits per heavy atom. The number of aryl methyl sites for hydroxylation is 1. The van der Waals surface area contributed by atoms with E-state index in [0.717, 1.165) is 30.3 Å². The molecule has 1 aliphatic carbocycles. The van der Waals surface area contributed by atoms with E-state index in [0.29, 0.717) is 16.7 Å². The van der Waals surface area contributed by atoms with Crippen molar-refractivity contribution >= 4 is 11.3 Å². The van der Waals surface area contributed by atoms with Crippen LogP contribution in [0.5, 0.6) is 5.88 Å². The summed E-state index contributed by atoms with van der Waals surface area (Å²) >= 11 is 0. The van der Waals surface area contributed by atoms with E-state index >= 15 is 0 Å². The predicted octanol–water partition coefficient (Wildman–Crippen LogP) is 4.28. The largest absolute Gasteiger partial charge is 0.482 e. The molecule has 2 aromatic heterocycles. The van der Waals surface area contributed by atoms with Gasteiger partial charge in [-0.3, -0.25) is 4.99 Å². The lowest BCUT2D eigenvalue weighted by atomic mass is 10.1. The number of benzene rings is 1. The molecule has 3 aromatic rings. The van der Waals surface area contributed by atoms with Gasteiger partial charge in [0.05, 0.1) is 24.5 Å². The molecule has 12 heteroatoms. The van der Waals surface area contributed by atoms with Gasteiger partial charge >= 0.3 is 6.18 Å². The molecule has 38 heavy (non-hydrogen) atoms. The molecule has 9 nitrogen and oxygen atoms in total. The average molecular weight is 531 g/mol. The minimum atomic E-state index is -4.52. The Morgan fingerprint density at radius 2 is 1.92 bits per heavy atom. The molecule has 1 aliphatic rings. The van der Waals surface area contributed by atoms with Gasteiger partial charge in [0, 0.05) is 38.0 Å². The molecule has 1 aromatic carbocycles. The third-order valence-electron chi connectivity index (χ3n) is 6.14. The summed E-state index contributed by atoms with van der Waals surface area (Å²) in [5.74, 6) is 1.01. The molecule has 0 spiro atoms. The molecule has 0 amide bonds. The van der Waals surface area contributed by atoms with Crippen LogP contribution in [0.4, 0.5) is 13.2 Å². The fraction of sp³-hybridized carbons (Fsp3) is 0.385. The quantitative estimate of drug-likeness (QED) is 0.313. The topological polar surface area (TPSA) is 121 Å². The molecule has 3 N–H and O–H groups in total. The van der Waals surface area contributed by atoms with Gasteiger partial charge in [0.15, 0.2) is 17.4 Å². The Bertz CT molecular complexity index is 1360. The van der Waals surface area contributed by atoms with Gasteiger partial charge in [0.1, 0.15) is 18.0 Å². The standard InChI is InChI=1S/C26H29F3N6O3/c1-14(36)18-11-32-23(20(22(30)37-4)21(31-2)16-9-10-16)34-25(18)38-13-15-5-7-17(8-6-15)24-33-19(12-35(24)3)26(27,28)29/h5-8,11-12,14,16,36H,9-10,13,30H2,1-4H3. The lowest BCUT2D eigenvalue weighted by molar-refractivity contribution is -0.140. The van der Waals surface area contributed by atoms with Gasteiger partial charge in [-0.1, -0.05) is 24.3 Å². The van der Waals surface area contributed by atoms with Gasteiger partial charge in [-0.2, -0.15) is 18.2 Å². The highest BCUT2D eigenvalue weighted by Gasteiger charge is 2.35. The number of nitrogens with zero attached hydrogens (tertiary/aromatic N) is 5. The Morgan fingerprint density at radius 1 is 1.24 bits per heavy atom. The summed E-state index contributed by atoms with van der Waals surface area (Å²) in [6.45, 7) is 1.66. The van der Waals surface area contributed by atoms with E-state index in [1.165, 1.54) is 24.9 Å². The van der Waals surface area contributed by atoms with Crippen molar-refractivity contribution in [1.29, 1.82) is 0 Å². The molecule has 1 fully saturated rings. The molecule has 1 unspecified atom stereocenters. The molecule has 0 saturated heterocycles. The number of hydrogen-bond acceptors (Lipinski definition) is 8. The molecule has 202 valence electrons. The molecule has 1 atom stereocenters. The summed E-state index contributed by atoms with van der Waals surface area (Å²) in [6.07, 6.45) is -1.03. The molecule has 0 radical (unpaired) electrons. The van der Waals surface area contributed by atoms with Crippen LogP contribution in [-0.4, -0.2) is 44.5 Å². The first kappa shape index (κ1) is 27.1. The second-order valence-corrected chi connectivity index (χ2v) is 9.00. The van der Waals surface area contributed by atoms with Crippen LogP contribution in [-0.2, 0) is 24.6 Å². The minimum Gasteiger partial charge on any atom is -0.482 e. The maximum Gasteiger partial charge on any atom is 0.434 e. The number of rotatable bonds is 9. The molecule has 2 heterocycles. The normalized spacial score (nSPS) is 15.7. The van der Waals surface area contributed by atoms with Crippen LogP contribution in [0.2, 0.25) is 0 Å². The van der Waals surface area contributed by atoms with Crippen LogP contribution in [0.15, 0.2) is 47.5 Å². The van der Waals surface area contributed by atoms with Crippen molar-refractivity contribution in [3.8, 4) is 17.3 Å². The average Bonchev–Trinajstić information content (AvgIpc) is 3.65. The molecule has 0 bridgehead atoms. The molecular weight excluding hydrogens is 501 g/mol. The van der Waals surface area contributed by atoms with Gasteiger partial charge in [-0.25, -0.2) is 9.97 Å². The Hall–Kier alpha value is -3.93. The van der Waals surface area contributed by atoms with Crippen molar-refractivity contribution in [3.63, 3.8) is 0 Å². The number of imidazole rings is 1. The lowest BCUT2D eigenvalue weighted by Crippen LogP contribution is -2.17. The number of aliphatic hydroxyl groups excluding tert-OH is 1. The molecule has 0 aliphatic heterocycles. The maximum atomic E-state index is 13.0. The summed E-state index contributed by atoms with van der Waals surface area (Å²) in [6, 6.07) is 6.79. The predicted molar refractivity (Wildman–Crippen MR) is 135 cm³/mol. The number of nitrogens with two attached hydrogens (primary N) is 1. The van der Waals surface area contributed by atoms with E-state index < -0.39 is 18.0 Å². The molecule has 4 rings (SSSR count). The van der Waals surface area contributed by atoms with E-state index in [1.54, 1.807) is 38.2 Å². The van der Waals surface area contributed by atoms with E-state index in [1.807, 2.05) is 0 Å². The zero-order valence-corrected chi connectivity index (χ0v) is 21.5. The number of allylic oxidation sites excluding steroid dienone is 1. The first-order valence-corrected chi connectivity index (χ1v) is 11.9. The van der Waals surface area contributed by atoms with Gasteiger partial charge in [-0.15, -0.1) is 0 Å². The summed E-state index contributed by atoms with van der Waals surface area (Å²) in [5.41, 5.74) is 8.06. The summed E-state index contributed by atoms with van der Waals surface area (Å²) in [5, 5.41) is 10.3. The van der Waals surface area contributed by atoms with Crippen molar-refractivity contribution in [2.75, 3.05) is 14.2 Å².